The van der Waals surface area contributed by atoms with Crippen LogP contribution in [-0.4, -0.2) is 43.0 Å². The predicted molar refractivity (Wildman–Crippen MR) is 107 cm³/mol. The van der Waals surface area contributed by atoms with E-state index in [4.69, 9.17) is 11.6 Å². The van der Waals surface area contributed by atoms with Crippen molar-refractivity contribution in [3.63, 3.8) is 0 Å². The van der Waals surface area contributed by atoms with E-state index in [0.717, 1.165) is 50.6 Å². The molecule has 2 N–H and O–H groups in total. The summed E-state index contributed by atoms with van der Waals surface area (Å²) in [6.45, 7) is 7.48. The van der Waals surface area contributed by atoms with Crippen LogP contribution in [0.15, 0.2) is 24.3 Å². The Balaban J connectivity index is 1.36. The number of halogens is 1. The Kier molecular flexibility index (Phi) is 7.35. The van der Waals surface area contributed by atoms with Crippen LogP contribution in [0.4, 0.5) is 0 Å². The highest BCUT2D eigenvalue weighted by Crippen LogP contribution is 2.24. The van der Waals surface area contributed by atoms with Gasteiger partial charge in [0.2, 0.25) is 5.91 Å². The Bertz CT molecular complexity index is 563. The molecular formula is C21H32ClN3O. The third-order valence-electron chi connectivity index (χ3n) is 5.97. The van der Waals surface area contributed by atoms with Gasteiger partial charge in [-0.05, 0) is 68.3 Å². The number of amides is 1. The van der Waals surface area contributed by atoms with Crippen LogP contribution in [0.2, 0.25) is 5.02 Å². The summed E-state index contributed by atoms with van der Waals surface area (Å²) in [5, 5.41) is 7.47. The second-order valence-corrected chi connectivity index (χ2v) is 8.45. The number of benzene rings is 1. The van der Waals surface area contributed by atoms with Crippen LogP contribution in [0, 0.1) is 11.8 Å². The molecule has 1 aromatic rings. The van der Waals surface area contributed by atoms with E-state index >= 15 is 0 Å². The van der Waals surface area contributed by atoms with Gasteiger partial charge in [0.25, 0.3) is 0 Å². The monoisotopic (exact) mass is 377 g/mol. The molecule has 0 bridgehead atoms. The van der Waals surface area contributed by atoms with Gasteiger partial charge in [-0.2, -0.15) is 0 Å². The van der Waals surface area contributed by atoms with E-state index in [9.17, 15) is 4.79 Å². The Morgan fingerprint density at radius 2 is 1.85 bits per heavy atom. The van der Waals surface area contributed by atoms with Crippen molar-refractivity contribution in [2.45, 2.75) is 51.6 Å². The summed E-state index contributed by atoms with van der Waals surface area (Å²) in [6.07, 6.45) is 5.17. The Morgan fingerprint density at radius 1 is 1.19 bits per heavy atom. The molecule has 1 atom stereocenters. The van der Waals surface area contributed by atoms with Crippen LogP contribution in [0.1, 0.15) is 44.6 Å². The first-order chi connectivity index (χ1) is 12.6. The van der Waals surface area contributed by atoms with Gasteiger partial charge >= 0.3 is 0 Å². The van der Waals surface area contributed by atoms with Crippen LogP contribution >= 0.6 is 11.6 Å². The number of carbonyl (C=O) groups is 1. The van der Waals surface area contributed by atoms with Crippen molar-refractivity contribution >= 4 is 17.5 Å². The van der Waals surface area contributed by atoms with Crippen LogP contribution in [0.5, 0.6) is 0 Å². The molecule has 0 aromatic heterocycles. The van der Waals surface area contributed by atoms with Gasteiger partial charge in [-0.15, -0.1) is 0 Å². The fourth-order valence-corrected chi connectivity index (χ4v) is 4.37. The van der Waals surface area contributed by atoms with E-state index in [1.165, 1.54) is 18.4 Å². The molecule has 0 saturated carbocycles. The number of rotatable bonds is 6. The number of likely N-dealkylation sites (tertiary alicyclic amines) is 1. The molecule has 2 saturated heterocycles. The number of nitrogens with one attached hydrogen (secondary N) is 2. The zero-order valence-corrected chi connectivity index (χ0v) is 16.6. The molecule has 1 amide bonds. The topological polar surface area (TPSA) is 44.4 Å². The highest BCUT2D eigenvalue weighted by molar-refractivity contribution is 6.30. The molecule has 2 fully saturated rings. The van der Waals surface area contributed by atoms with E-state index in [2.05, 4.69) is 34.6 Å². The highest BCUT2D eigenvalue weighted by atomic mass is 35.5. The molecular weight excluding hydrogens is 346 g/mol. The second-order valence-electron chi connectivity index (χ2n) is 8.01. The normalized spacial score (nSPS) is 21.5. The lowest BCUT2D eigenvalue weighted by molar-refractivity contribution is -0.123. The third kappa shape index (κ3) is 5.97. The summed E-state index contributed by atoms with van der Waals surface area (Å²) in [6, 6.07) is 8.43. The molecule has 2 heterocycles. The number of hydrogen-bond donors (Lipinski definition) is 2. The van der Waals surface area contributed by atoms with Gasteiger partial charge in [-0.25, -0.2) is 0 Å². The molecule has 2 aliphatic heterocycles. The third-order valence-corrected chi connectivity index (χ3v) is 6.22. The summed E-state index contributed by atoms with van der Waals surface area (Å²) >= 11 is 5.95. The van der Waals surface area contributed by atoms with Gasteiger partial charge in [0, 0.05) is 37.1 Å². The second kappa shape index (κ2) is 9.72. The average molecular weight is 378 g/mol. The number of piperidine rings is 2. The Morgan fingerprint density at radius 3 is 2.50 bits per heavy atom. The van der Waals surface area contributed by atoms with Gasteiger partial charge in [-0.1, -0.05) is 30.7 Å². The van der Waals surface area contributed by atoms with Crippen molar-refractivity contribution in [2.75, 3.05) is 26.2 Å². The van der Waals surface area contributed by atoms with E-state index in [1.54, 1.807) is 0 Å². The lowest BCUT2D eigenvalue weighted by Crippen LogP contribution is -2.45. The minimum absolute atomic E-state index is 0.243. The molecule has 3 rings (SSSR count). The summed E-state index contributed by atoms with van der Waals surface area (Å²) < 4.78 is 0. The van der Waals surface area contributed by atoms with Gasteiger partial charge < -0.3 is 10.6 Å². The van der Waals surface area contributed by atoms with E-state index in [0.29, 0.717) is 24.3 Å². The van der Waals surface area contributed by atoms with Gasteiger partial charge in [0.1, 0.15) is 0 Å². The van der Waals surface area contributed by atoms with Crippen LogP contribution in [0.3, 0.4) is 0 Å². The SMILES string of the molecule is CC(CC(=O)NC1CCN(Cc2ccc(Cl)cc2)CC1)C1CCNCC1. The first kappa shape index (κ1) is 19.7. The van der Waals surface area contributed by atoms with Crippen molar-refractivity contribution in [1.29, 1.82) is 0 Å². The Labute approximate surface area is 162 Å². The standard InChI is InChI=1S/C21H32ClN3O/c1-16(18-6-10-23-11-7-18)14-21(26)24-20-8-12-25(13-9-20)15-17-2-4-19(22)5-3-17/h2-5,16,18,20,23H,6-15H2,1H3,(H,24,26). The molecule has 1 unspecified atom stereocenters. The number of carbonyl (C=O) groups excluding carboxylic acids is 1. The molecule has 0 radical (unpaired) electrons. The van der Waals surface area contributed by atoms with Crippen molar-refractivity contribution in [2.24, 2.45) is 11.8 Å². The molecule has 2 aliphatic rings. The summed E-state index contributed by atoms with van der Waals surface area (Å²) in [5.41, 5.74) is 1.30. The molecule has 0 spiro atoms. The minimum atomic E-state index is 0.243. The molecule has 1 aromatic carbocycles. The first-order valence-electron chi connectivity index (χ1n) is 10.1. The van der Waals surface area contributed by atoms with Crippen molar-refractivity contribution in [3.8, 4) is 0 Å². The molecule has 144 valence electrons. The van der Waals surface area contributed by atoms with Crippen molar-refractivity contribution in [3.05, 3.63) is 34.9 Å². The van der Waals surface area contributed by atoms with Crippen molar-refractivity contribution in [1.82, 2.24) is 15.5 Å². The number of nitrogens with zero attached hydrogens (tertiary/aromatic N) is 1. The smallest absolute Gasteiger partial charge is 0.220 e. The van der Waals surface area contributed by atoms with Gasteiger partial charge in [-0.3, -0.25) is 9.69 Å². The van der Waals surface area contributed by atoms with E-state index in [-0.39, 0.29) is 5.91 Å². The predicted octanol–water partition coefficient (Wildman–Crippen LogP) is 3.45. The van der Waals surface area contributed by atoms with Crippen LogP contribution in [-0.2, 0) is 11.3 Å². The summed E-state index contributed by atoms with van der Waals surface area (Å²) in [4.78, 5) is 14.9. The maximum atomic E-state index is 12.4. The molecule has 5 heteroatoms. The summed E-state index contributed by atoms with van der Waals surface area (Å²) in [5.74, 6) is 1.43. The van der Waals surface area contributed by atoms with Crippen molar-refractivity contribution < 1.29 is 4.79 Å². The zero-order chi connectivity index (χ0) is 18.4. The highest BCUT2D eigenvalue weighted by Gasteiger charge is 2.24. The lowest BCUT2D eigenvalue weighted by Gasteiger charge is -2.33. The first-order valence-corrected chi connectivity index (χ1v) is 10.4. The quantitative estimate of drug-likeness (QED) is 0.798. The average Bonchev–Trinajstić information content (AvgIpc) is 2.66. The van der Waals surface area contributed by atoms with Crippen LogP contribution < -0.4 is 10.6 Å². The minimum Gasteiger partial charge on any atom is -0.353 e. The van der Waals surface area contributed by atoms with E-state index < -0.39 is 0 Å². The fourth-order valence-electron chi connectivity index (χ4n) is 4.24. The maximum absolute atomic E-state index is 12.4. The van der Waals surface area contributed by atoms with Crippen LogP contribution in [0.25, 0.3) is 0 Å². The molecule has 26 heavy (non-hydrogen) atoms. The zero-order valence-electron chi connectivity index (χ0n) is 15.8. The van der Waals surface area contributed by atoms with Gasteiger partial charge in [0.05, 0.1) is 0 Å². The molecule has 4 nitrogen and oxygen atoms in total. The molecule has 0 aliphatic carbocycles. The maximum Gasteiger partial charge on any atom is 0.220 e. The Hall–Kier alpha value is -1.10. The summed E-state index contributed by atoms with van der Waals surface area (Å²) in [7, 11) is 0. The fraction of sp³-hybridized carbons (Fsp3) is 0.667. The largest absolute Gasteiger partial charge is 0.353 e. The van der Waals surface area contributed by atoms with E-state index in [1.807, 2.05) is 12.1 Å². The number of hydrogen-bond acceptors (Lipinski definition) is 3. The lowest BCUT2D eigenvalue weighted by atomic mass is 9.84. The van der Waals surface area contributed by atoms with Gasteiger partial charge in [0.15, 0.2) is 0 Å².